The van der Waals surface area contributed by atoms with Gasteiger partial charge in [0.25, 0.3) is 0 Å². The molecule has 5 nitrogen and oxygen atoms in total. The van der Waals surface area contributed by atoms with Crippen LogP contribution in [0.3, 0.4) is 0 Å². The molecule has 0 heterocycles. The lowest BCUT2D eigenvalue weighted by Crippen LogP contribution is -2.18. The van der Waals surface area contributed by atoms with Crippen molar-refractivity contribution in [1.82, 2.24) is 0 Å². The fraction of sp³-hybridized carbons (Fsp3) is 0.125. The van der Waals surface area contributed by atoms with Gasteiger partial charge in [-0.25, -0.2) is 9.59 Å². The Balaban J connectivity index is 1.98. The number of hydrogen-bond donors (Lipinski definition) is 0. The molecule has 0 atom stereocenters. The van der Waals surface area contributed by atoms with Crippen LogP contribution in [-0.4, -0.2) is 25.7 Å². The van der Waals surface area contributed by atoms with E-state index in [0.29, 0.717) is 20.3 Å². The maximum atomic E-state index is 11.9. The van der Waals surface area contributed by atoms with E-state index in [4.69, 9.17) is 9.47 Å². The Labute approximate surface area is 163 Å². The molecule has 8 heteroatoms. The quantitative estimate of drug-likeness (QED) is 0.419. The highest BCUT2D eigenvalue weighted by Crippen LogP contribution is 2.29. The Morgan fingerprint density at radius 2 is 1.62 bits per heavy atom. The van der Waals surface area contributed by atoms with Crippen molar-refractivity contribution in [1.29, 1.82) is 0 Å². The number of ether oxygens (including phenoxy) is 3. The van der Waals surface area contributed by atoms with Crippen LogP contribution >= 0.6 is 47.8 Å². The van der Waals surface area contributed by atoms with Gasteiger partial charge in [0.05, 0.1) is 21.6 Å². The molecule has 0 bridgehead atoms. The smallest absolute Gasteiger partial charge is 0.349 e. The van der Waals surface area contributed by atoms with Crippen LogP contribution in [0, 0.1) is 0 Å². The number of methoxy groups -OCH3 is 1. The summed E-state index contributed by atoms with van der Waals surface area (Å²) in [4.78, 5) is 23.3. The van der Waals surface area contributed by atoms with Gasteiger partial charge in [0.15, 0.2) is 6.61 Å². The number of carbonyl (C=O) groups is 2. The van der Waals surface area contributed by atoms with Gasteiger partial charge in [-0.2, -0.15) is 0 Å². The van der Waals surface area contributed by atoms with Crippen molar-refractivity contribution in [2.45, 2.75) is 0 Å². The summed E-state index contributed by atoms with van der Waals surface area (Å²) in [6, 6.07) is 9.86. The summed E-state index contributed by atoms with van der Waals surface area (Å²) in [6.07, 6.45) is 0. The number of benzene rings is 2. The van der Waals surface area contributed by atoms with E-state index in [2.05, 4.69) is 52.5 Å². The SMILES string of the molecule is COC(=O)c1ccc(OC(=O)COc2ccc(Br)cc2Br)c(Br)c1. The van der Waals surface area contributed by atoms with Crippen molar-refractivity contribution in [3.63, 3.8) is 0 Å². The Kier molecular flexibility index (Phi) is 6.82. The number of carbonyl (C=O) groups excluding carboxylic acids is 2. The molecular weight excluding hydrogens is 512 g/mol. The topological polar surface area (TPSA) is 61.8 Å². The van der Waals surface area contributed by atoms with Crippen molar-refractivity contribution >= 4 is 59.7 Å². The van der Waals surface area contributed by atoms with Crippen molar-refractivity contribution in [3.05, 3.63) is 55.4 Å². The molecule has 0 amide bonds. The van der Waals surface area contributed by atoms with Crippen LogP contribution in [-0.2, 0) is 9.53 Å². The van der Waals surface area contributed by atoms with Gasteiger partial charge in [-0.1, -0.05) is 15.9 Å². The van der Waals surface area contributed by atoms with Crippen LogP contribution in [0.2, 0.25) is 0 Å². The second-order valence-corrected chi connectivity index (χ2v) is 7.10. The number of hydrogen-bond acceptors (Lipinski definition) is 5. The van der Waals surface area contributed by atoms with Crippen LogP contribution in [0.25, 0.3) is 0 Å². The minimum absolute atomic E-state index is 0.259. The van der Waals surface area contributed by atoms with Gasteiger partial charge in [0, 0.05) is 4.47 Å². The van der Waals surface area contributed by atoms with E-state index in [1.165, 1.54) is 25.3 Å². The van der Waals surface area contributed by atoms with Crippen molar-refractivity contribution < 1.29 is 23.8 Å². The van der Waals surface area contributed by atoms with E-state index >= 15 is 0 Å². The molecule has 2 rings (SSSR count). The van der Waals surface area contributed by atoms with E-state index in [1.54, 1.807) is 12.1 Å². The van der Waals surface area contributed by atoms with Crippen molar-refractivity contribution in [2.24, 2.45) is 0 Å². The Morgan fingerprint density at radius 1 is 0.958 bits per heavy atom. The van der Waals surface area contributed by atoms with Gasteiger partial charge in [0.2, 0.25) is 0 Å². The second kappa shape index (κ2) is 8.64. The third kappa shape index (κ3) is 5.06. The summed E-state index contributed by atoms with van der Waals surface area (Å²) in [5.74, 6) is -0.241. The lowest BCUT2D eigenvalue weighted by atomic mass is 10.2. The largest absolute Gasteiger partial charge is 0.481 e. The van der Waals surface area contributed by atoms with Gasteiger partial charge >= 0.3 is 11.9 Å². The molecule has 0 unspecified atom stereocenters. The minimum Gasteiger partial charge on any atom is -0.481 e. The molecular formula is C16H11Br3O5. The molecule has 2 aromatic rings. The molecule has 0 fully saturated rings. The molecule has 2 aromatic carbocycles. The first-order valence-corrected chi connectivity index (χ1v) is 8.95. The van der Waals surface area contributed by atoms with Crippen molar-refractivity contribution in [3.8, 4) is 11.5 Å². The molecule has 0 aromatic heterocycles. The monoisotopic (exact) mass is 520 g/mol. The highest BCUT2D eigenvalue weighted by atomic mass is 79.9. The molecule has 0 saturated heterocycles. The summed E-state index contributed by atoms with van der Waals surface area (Å²) in [7, 11) is 1.29. The molecule has 0 aliphatic heterocycles. The second-order valence-electron chi connectivity index (χ2n) is 4.47. The van der Waals surface area contributed by atoms with E-state index in [-0.39, 0.29) is 12.4 Å². The van der Waals surface area contributed by atoms with Crippen molar-refractivity contribution in [2.75, 3.05) is 13.7 Å². The lowest BCUT2D eigenvalue weighted by Gasteiger charge is -2.10. The van der Waals surface area contributed by atoms with Gasteiger partial charge in [-0.15, -0.1) is 0 Å². The molecule has 0 aliphatic carbocycles. The van der Waals surface area contributed by atoms with E-state index in [9.17, 15) is 9.59 Å². The summed E-state index contributed by atoms with van der Waals surface area (Å²) in [5, 5.41) is 0. The molecule has 126 valence electrons. The molecule has 0 spiro atoms. The molecule has 0 radical (unpaired) electrons. The normalized spacial score (nSPS) is 10.2. The molecule has 0 N–H and O–H groups in total. The van der Waals surface area contributed by atoms with Crippen LogP contribution in [0.15, 0.2) is 49.8 Å². The average molecular weight is 523 g/mol. The Bertz CT molecular complexity index is 776. The zero-order valence-corrected chi connectivity index (χ0v) is 17.1. The summed E-state index contributed by atoms with van der Waals surface area (Å²) < 4.78 is 17.3. The summed E-state index contributed by atoms with van der Waals surface area (Å²) in [5.41, 5.74) is 0.346. The maximum Gasteiger partial charge on any atom is 0.349 e. The number of rotatable bonds is 5. The van der Waals surface area contributed by atoms with Crippen LogP contribution in [0.1, 0.15) is 10.4 Å². The Hall–Kier alpha value is -1.38. The minimum atomic E-state index is -0.573. The van der Waals surface area contributed by atoms with Gasteiger partial charge < -0.3 is 14.2 Å². The molecule has 0 saturated carbocycles. The van der Waals surface area contributed by atoms with E-state index in [1.807, 2.05) is 6.07 Å². The highest BCUT2D eigenvalue weighted by Gasteiger charge is 2.13. The Morgan fingerprint density at radius 3 is 2.25 bits per heavy atom. The van der Waals surface area contributed by atoms with Gasteiger partial charge in [-0.3, -0.25) is 0 Å². The lowest BCUT2D eigenvalue weighted by molar-refractivity contribution is -0.136. The number of halogens is 3. The summed E-state index contributed by atoms with van der Waals surface area (Å²) in [6.45, 7) is -0.259. The van der Waals surface area contributed by atoms with E-state index < -0.39 is 11.9 Å². The third-order valence-electron chi connectivity index (χ3n) is 2.82. The first-order chi connectivity index (χ1) is 11.4. The maximum absolute atomic E-state index is 11.9. The molecule has 24 heavy (non-hydrogen) atoms. The fourth-order valence-corrected chi connectivity index (χ4v) is 3.33. The molecule has 0 aliphatic rings. The highest BCUT2D eigenvalue weighted by molar-refractivity contribution is 9.11. The predicted molar refractivity (Wildman–Crippen MR) is 98.5 cm³/mol. The first-order valence-electron chi connectivity index (χ1n) is 6.57. The van der Waals surface area contributed by atoms with Crippen LogP contribution in [0.5, 0.6) is 11.5 Å². The number of esters is 2. The average Bonchev–Trinajstić information content (AvgIpc) is 2.55. The van der Waals surface area contributed by atoms with Gasteiger partial charge in [0.1, 0.15) is 11.5 Å². The third-order valence-corrected chi connectivity index (χ3v) is 4.55. The first kappa shape index (κ1) is 19.0. The zero-order valence-electron chi connectivity index (χ0n) is 12.3. The standard InChI is InChI=1S/C16H11Br3O5/c1-22-16(21)9-2-4-14(11(18)6-9)24-15(20)8-23-13-5-3-10(17)7-12(13)19/h2-7H,8H2,1H3. The van der Waals surface area contributed by atoms with Crippen LogP contribution < -0.4 is 9.47 Å². The zero-order chi connectivity index (χ0) is 17.7. The van der Waals surface area contributed by atoms with E-state index in [0.717, 1.165) is 4.47 Å². The van der Waals surface area contributed by atoms with Crippen LogP contribution in [0.4, 0.5) is 0 Å². The van der Waals surface area contributed by atoms with Gasteiger partial charge in [-0.05, 0) is 68.3 Å². The fourth-order valence-electron chi connectivity index (χ4n) is 1.71. The summed E-state index contributed by atoms with van der Waals surface area (Å²) >= 11 is 9.93. The predicted octanol–water partition coefficient (Wildman–Crippen LogP) is 4.75.